The van der Waals surface area contributed by atoms with Crippen LogP contribution in [0.4, 0.5) is 0 Å². The number of carboxylic acids is 1. The summed E-state index contributed by atoms with van der Waals surface area (Å²) >= 11 is 0. The molecule has 1 aliphatic heterocycles. The number of carboxylic acid groups (broad SMARTS) is 1. The maximum Gasteiger partial charge on any atom is 0.307 e. The first-order valence-corrected chi connectivity index (χ1v) is 6.68. The molecule has 1 N–H and O–H groups in total. The molecule has 0 radical (unpaired) electrons. The molecule has 17 heavy (non-hydrogen) atoms. The van der Waals surface area contributed by atoms with Crippen molar-refractivity contribution in [1.82, 2.24) is 4.90 Å². The van der Waals surface area contributed by atoms with Gasteiger partial charge in [-0.15, -0.1) is 0 Å². The van der Waals surface area contributed by atoms with E-state index in [-0.39, 0.29) is 11.8 Å². The van der Waals surface area contributed by atoms with Crippen molar-refractivity contribution in [3.63, 3.8) is 0 Å². The van der Waals surface area contributed by atoms with E-state index in [1.165, 1.54) is 19.3 Å². The highest BCUT2D eigenvalue weighted by molar-refractivity contribution is 5.86. The standard InChI is InChI=1S/C13H19NO3/c15-12(10-4-5-11(10)13(16)17)14-6-8-2-1-3-9(8)7-14/h8-11H,1-7H2,(H,16,17). The fourth-order valence-electron chi connectivity index (χ4n) is 3.74. The van der Waals surface area contributed by atoms with Gasteiger partial charge in [0, 0.05) is 13.1 Å². The number of carbonyl (C=O) groups is 2. The van der Waals surface area contributed by atoms with Crippen LogP contribution in [0.2, 0.25) is 0 Å². The number of carbonyl (C=O) groups excluding carboxylic acids is 1. The van der Waals surface area contributed by atoms with E-state index in [1.54, 1.807) is 0 Å². The Balaban J connectivity index is 1.62. The molecule has 0 aromatic heterocycles. The summed E-state index contributed by atoms with van der Waals surface area (Å²) in [6.45, 7) is 1.76. The number of likely N-dealkylation sites (tertiary alicyclic amines) is 1. The molecule has 2 saturated carbocycles. The van der Waals surface area contributed by atoms with Gasteiger partial charge in [-0.05, 0) is 37.5 Å². The molecular weight excluding hydrogens is 218 g/mol. The monoisotopic (exact) mass is 237 g/mol. The number of fused-ring (bicyclic) bond motifs is 1. The highest BCUT2D eigenvalue weighted by Gasteiger charge is 2.46. The molecule has 3 fully saturated rings. The fourth-order valence-corrected chi connectivity index (χ4v) is 3.74. The van der Waals surface area contributed by atoms with E-state index in [4.69, 9.17) is 5.11 Å². The highest BCUT2D eigenvalue weighted by Crippen LogP contribution is 2.41. The molecule has 0 aromatic carbocycles. The first kappa shape index (κ1) is 11.1. The molecule has 4 atom stereocenters. The smallest absolute Gasteiger partial charge is 0.307 e. The lowest BCUT2D eigenvalue weighted by Gasteiger charge is -2.35. The lowest BCUT2D eigenvalue weighted by Crippen LogP contribution is -2.45. The molecule has 1 heterocycles. The molecule has 4 unspecified atom stereocenters. The first-order chi connectivity index (χ1) is 8.16. The van der Waals surface area contributed by atoms with Gasteiger partial charge in [0.2, 0.25) is 5.91 Å². The van der Waals surface area contributed by atoms with E-state index in [0.717, 1.165) is 19.5 Å². The number of nitrogens with zero attached hydrogens (tertiary/aromatic N) is 1. The maximum absolute atomic E-state index is 12.2. The normalized spacial score (nSPS) is 39.9. The minimum Gasteiger partial charge on any atom is -0.481 e. The molecule has 0 bridgehead atoms. The summed E-state index contributed by atoms with van der Waals surface area (Å²) in [6.07, 6.45) is 5.25. The quantitative estimate of drug-likeness (QED) is 0.788. The molecule has 0 aromatic rings. The Kier molecular flexibility index (Phi) is 2.60. The second kappa shape index (κ2) is 4.00. The number of amides is 1. The molecule has 3 rings (SSSR count). The van der Waals surface area contributed by atoms with Crippen LogP contribution < -0.4 is 0 Å². The van der Waals surface area contributed by atoms with Crippen molar-refractivity contribution in [2.45, 2.75) is 32.1 Å². The third-order valence-electron chi connectivity index (χ3n) is 4.95. The summed E-state index contributed by atoms with van der Waals surface area (Å²) in [5, 5.41) is 8.99. The van der Waals surface area contributed by atoms with Crippen molar-refractivity contribution >= 4 is 11.9 Å². The van der Waals surface area contributed by atoms with Crippen LogP contribution in [0.25, 0.3) is 0 Å². The third kappa shape index (κ3) is 1.74. The van der Waals surface area contributed by atoms with Gasteiger partial charge in [-0.3, -0.25) is 9.59 Å². The van der Waals surface area contributed by atoms with Gasteiger partial charge in [0.05, 0.1) is 11.8 Å². The van der Waals surface area contributed by atoms with Gasteiger partial charge >= 0.3 is 5.97 Å². The van der Waals surface area contributed by atoms with Gasteiger partial charge in [0.1, 0.15) is 0 Å². The average Bonchev–Trinajstić information content (AvgIpc) is 2.72. The first-order valence-electron chi connectivity index (χ1n) is 6.68. The molecule has 4 nitrogen and oxygen atoms in total. The summed E-state index contributed by atoms with van der Waals surface area (Å²) in [7, 11) is 0. The van der Waals surface area contributed by atoms with E-state index in [2.05, 4.69) is 0 Å². The zero-order valence-corrected chi connectivity index (χ0v) is 9.97. The van der Waals surface area contributed by atoms with Gasteiger partial charge < -0.3 is 10.0 Å². The topological polar surface area (TPSA) is 57.6 Å². The van der Waals surface area contributed by atoms with E-state index in [0.29, 0.717) is 18.3 Å². The Bertz CT molecular complexity index is 343. The number of rotatable bonds is 2. The van der Waals surface area contributed by atoms with Gasteiger partial charge in [-0.2, -0.15) is 0 Å². The molecule has 4 heteroatoms. The Morgan fingerprint density at radius 1 is 0.941 bits per heavy atom. The lowest BCUT2D eigenvalue weighted by atomic mass is 9.73. The Morgan fingerprint density at radius 2 is 1.53 bits per heavy atom. The molecule has 1 saturated heterocycles. The van der Waals surface area contributed by atoms with E-state index >= 15 is 0 Å². The van der Waals surface area contributed by atoms with Crippen LogP contribution in [0.3, 0.4) is 0 Å². The van der Waals surface area contributed by atoms with Crippen LogP contribution in [0, 0.1) is 23.7 Å². The van der Waals surface area contributed by atoms with Crippen LogP contribution in [-0.4, -0.2) is 35.0 Å². The predicted octanol–water partition coefficient (Wildman–Crippen LogP) is 1.36. The van der Waals surface area contributed by atoms with E-state index < -0.39 is 11.9 Å². The lowest BCUT2D eigenvalue weighted by molar-refractivity contribution is -0.156. The summed E-state index contributed by atoms with van der Waals surface area (Å²) in [4.78, 5) is 25.1. The predicted molar refractivity (Wildman–Crippen MR) is 61.3 cm³/mol. The second-order valence-electron chi connectivity index (χ2n) is 5.82. The Morgan fingerprint density at radius 3 is 2.00 bits per heavy atom. The minimum absolute atomic E-state index is 0.109. The summed E-state index contributed by atoms with van der Waals surface area (Å²) in [6, 6.07) is 0. The number of hydrogen-bond donors (Lipinski definition) is 1. The van der Waals surface area contributed by atoms with Crippen molar-refractivity contribution in [2.75, 3.05) is 13.1 Å². The largest absolute Gasteiger partial charge is 0.481 e. The van der Waals surface area contributed by atoms with Gasteiger partial charge in [-0.1, -0.05) is 6.42 Å². The van der Waals surface area contributed by atoms with Crippen LogP contribution in [0.1, 0.15) is 32.1 Å². The zero-order valence-electron chi connectivity index (χ0n) is 9.97. The summed E-state index contributed by atoms with van der Waals surface area (Å²) < 4.78 is 0. The number of aliphatic carboxylic acids is 1. The Hall–Kier alpha value is -1.06. The van der Waals surface area contributed by atoms with Gasteiger partial charge in [-0.25, -0.2) is 0 Å². The average molecular weight is 237 g/mol. The molecular formula is C13H19NO3. The molecule has 2 aliphatic carbocycles. The van der Waals surface area contributed by atoms with Crippen molar-refractivity contribution in [3.05, 3.63) is 0 Å². The molecule has 94 valence electrons. The Labute approximate surface area is 101 Å². The number of hydrogen-bond acceptors (Lipinski definition) is 2. The minimum atomic E-state index is -0.797. The third-order valence-corrected chi connectivity index (χ3v) is 4.95. The van der Waals surface area contributed by atoms with Crippen LogP contribution in [0.5, 0.6) is 0 Å². The van der Waals surface area contributed by atoms with Crippen LogP contribution in [-0.2, 0) is 9.59 Å². The highest BCUT2D eigenvalue weighted by atomic mass is 16.4. The second-order valence-corrected chi connectivity index (χ2v) is 5.82. The summed E-state index contributed by atoms with van der Waals surface area (Å²) in [5.74, 6) is 0.0610. The molecule has 1 amide bonds. The van der Waals surface area contributed by atoms with E-state index in [9.17, 15) is 9.59 Å². The zero-order chi connectivity index (χ0) is 12.0. The molecule has 3 aliphatic rings. The maximum atomic E-state index is 12.2. The van der Waals surface area contributed by atoms with Crippen molar-refractivity contribution in [2.24, 2.45) is 23.7 Å². The van der Waals surface area contributed by atoms with Crippen molar-refractivity contribution in [3.8, 4) is 0 Å². The van der Waals surface area contributed by atoms with Gasteiger partial charge in [0.15, 0.2) is 0 Å². The van der Waals surface area contributed by atoms with E-state index in [1.807, 2.05) is 4.90 Å². The van der Waals surface area contributed by atoms with Crippen molar-refractivity contribution < 1.29 is 14.7 Å². The SMILES string of the molecule is O=C(O)C1CCC1C(=O)N1CC2CCCC2C1. The molecule has 0 spiro atoms. The fraction of sp³-hybridized carbons (Fsp3) is 0.846. The van der Waals surface area contributed by atoms with Gasteiger partial charge in [0.25, 0.3) is 0 Å². The van der Waals surface area contributed by atoms with Crippen molar-refractivity contribution in [1.29, 1.82) is 0 Å². The summed E-state index contributed by atoms with van der Waals surface area (Å²) in [5.41, 5.74) is 0. The van der Waals surface area contributed by atoms with Crippen LogP contribution in [0.15, 0.2) is 0 Å². The van der Waals surface area contributed by atoms with Crippen LogP contribution >= 0.6 is 0 Å².